The number of nitrogens with one attached hydrogen (secondary N) is 1. The summed E-state index contributed by atoms with van der Waals surface area (Å²) in [6.45, 7) is 3.46. The molecule has 0 aliphatic carbocycles. The molecule has 1 aromatic heterocycles. The highest BCUT2D eigenvalue weighted by Gasteiger charge is 2.13. The predicted octanol–water partition coefficient (Wildman–Crippen LogP) is 3.42. The standard InChI is InChI=1S/C9H9BrCl2N2O/c1-4(10)9(15)14-8-7(12)3-6(11)5(2)13-8/h3-4H,1-2H3,(H,13,14,15). The van der Waals surface area contributed by atoms with E-state index in [2.05, 4.69) is 26.2 Å². The summed E-state index contributed by atoms with van der Waals surface area (Å²) < 4.78 is 0. The van der Waals surface area contributed by atoms with Crippen LogP contribution in [0.15, 0.2) is 6.07 Å². The molecule has 1 aromatic rings. The fourth-order valence-electron chi connectivity index (χ4n) is 0.862. The molecule has 6 heteroatoms. The molecule has 0 fully saturated rings. The maximum Gasteiger partial charge on any atom is 0.239 e. The third kappa shape index (κ3) is 3.33. The van der Waals surface area contributed by atoms with Gasteiger partial charge in [-0.2, -0.15) is 0 Å². The van der Waals surface area contributed by atoms with Gasteiger partial charge < -0.3 is 5.32 Å². The number of carbonyl (C=O) groups is 1. The van der Waals surface area contributed by atoms with Crippen molar-refractivity contribution >= 4 is 50.9 Å². The van der Waals surface area contributed by atoms with E-state index in [9.17, 15) is 4.79 Å². The molecule has 0 spiro atoms. The molecule has 0 saturated carbocycles. The summed E-state index contributed by atoms with van der Waals surface area (Å²) in [5.74, 6) is 0.126. The Balaban J connectivity index is 2.96. The topological polar surface area (TPSA) is 42.0 Å². The Labute approximate surface area is 106 Å². The van der Waals surface area contributed by atoms with Crippen LogP contribution in [0.4, 0.5) is 5.82 Å². The SMILES string of the molecule is Cc1nc(NC(=O)C(C)Br)c(Cl)cc1Cl. The van der Waals surface area contributed by atoms with Crippen LogP contribution in [-0.2, 0) is 4.79 Å². The number of rotatable bonds is 2. The number of aromatic nitrogens is 1. The Bertz CT molecular complexity index is 396. The second-order valence-corrected chi connectivity index (χ2v) is 5.18. The first-order chi connectivity index (χ1) is 6.91. The number of amides is 1. The molecule has 1 amide bonds. The van der Waals surface area contributed by atoms with Crippen LogP contribution in [0.25, 0.3) is 0 Å². The fourth-order valence-corrected chi connectivity index (χ4v) is 1.38. The van der Waals surface area contributed by atoms with Crippen molar-refractivity contribution in [1.82, 2.24) is 4.98 Å². The van der Waals surface area contributed by atoms with Crippen molar-refractivity contribution in [3.05, 3.63) is 21.8 Å². The van der Waals surface area contributed by atoms with E-state index >= 15 is 0 Å². The molecule has 0 aliphatic heterocycles. The molecule has 1 unspecified atom stereocenters. The number of hydrogen-bond donors (Lipinski definition) is 1. The van der Waals surface area contributed by atoms with Crippen LogP contribution in [0.1, 0.15) is 12.6 Å². The van der Waals surface area contributed by atoms with Crippen LogP contribution in [0.5, 0.6) is 0 Å². The number of nitrogens with zero attached hydrogens (tertiary/aromatic N) is 1. The van der Waals surface area contributed by atoms with Gasteiger partial charge in [0, 0.05) is 0 Å². The van der Waals surface area contributed by atoms with Crippen molar-refractivity contribution in [2.24, 2.45) is 0 Å². The lowest BCUT2D eigenvalue weighted by molar-refractivity contribution is -0.115. The van der Waals surface area contributed by atoms with E-state index in [-0.39, 0.29) is 10.7 Å². The Kier molecular flexibility index (Phi) is 4.37. The fraction of sp³-hybridized carbons (Fsp3) is 0.333. The smallest absolute Gasteiger partial charge is 0.239 e. The Morgan fingerprint density at radius 2 is 2.13 bits per heavy atom. The van der Waals surface area contributed by atoms with Gasteiger partial charge >= 0.3 is 0 Å². The van der Waals surface area contributed by atoms with Crippen molar-refractivity contribution in [3.8, 4) is 0 Å². The molecule has 1 atom stereocenters. The Morgan fingerprint density at radius 3 is 2.67 bits per heavy atom. The lowest BCUT2D eigenvalue weighted by atomic mass is 10.3. The molecule has 15 heavy (non-hydrogen) atoms. The highest BCUT2D eigenvalue weighted by atomic mass is 79.9. The summed E-state index contributed by atoms with van der Waals surface area (Å²) >= 11 is 14.8. The summed E-state index contributed by atoms with van der Waals surface area (Å²) in [5, 5.41) is 3.39. The molecule has 82 valence electrons. The lowest BCUT2D eigenvalue weighted by Gasteiger charge is -2.09. The summed E-state index contributed by atoms with van der Waals surface area (Å²) in [5.41, 5.74) is 0.624. The van der Waals surface area contributed by atoms with E-state index in [0.29, 0.717) is 21.6 Å². The zero-order valence-electron chi connectivity index (χ0n) is 8.14. The number of halogens is 3. The maximum atomic E-state index is 11.4. The van der Waals surface area contributed by atoms with Crippen LogP contribution in [0.2, 0.25) is 10.0 Å². The van der Waals surface area contributed by atoms with Crippen LogP contribution < -0.4 is 5.32 Å². The van der Waals surface area contributed by atoms with Crippen LogP contribution in [-0.4, -0.2) is 15.7 Å². The monoisotopic (exact) mass is 310 g/mol. The van der Waals surface area contributed by atoms with E-state index in [1.165, 1.54) is 0 Å². The van der Waals surface area contributed by atoms with Gasteiger partial charge in [-0.15, -0.1) is 0 Å². The van der Waals surface area contributed by atoms with E-state index < -0.39 is 0 Å². The van der Waals surface area contributed by atoms with E-state index in [1.54, 1.807) is 19.9 Å². The molecular weight excluding hydrogens is 303 g/mol. The first-order valence-corrected chi connectivity index (χ1v) is 5.86. The van der Waals surface area contributed by atoms with Gasteiger partial charge in [-0.1, -0.05) is 39.1 Å². The van der Waals surface area contributed by atoms with E-state index in [1.807, 2.05) is 0 Å². The highest BCUT2D eigenvalue weighted by molar-refractivity contribution is 9.10. The first-order valence-electron chi connectivity index (χ1n) is 4.19. The van der Waals surface area contributed by atoms with Crippen molar-refractivity contribution in [2.75, 3.05) is 5.32 Å². The average molecular weight is 312 g/mol. The number of aryl methyl sites for hydroxylation is 1. The lowest BCUT2D eigenvalue weighted by Crippen LogP contribution is -2.21. The average Bonchev–Trinajstić information content (AvgIpc) is 2.13. The third-order valence-electron chi connectivity index (χ3n) is 1.71. The van der Waals surface area contributed by atoms with Crippen molar-refractivity contribution < 1.29 is 4.79 Å². The summed E-state index contributed by atoms with van der Waals surface area (Å²) in [6.07, 6.45) is 0. The van der Waals surface area contributed by atoms with Crippen LogP contribution >= 0.6 is 39.1 Å². The molecule has 0 aromatic carbocycles. The molecule has 1 N–H and O–H groups in total. The summed E-state index contributed by atoms with van der Waals surface area (Å²) in [7, 11) is 0. The summed E-state index contributed by atoms with van der Waals surface area (Å²) in [4.78, 5) is 15.1. The number of pyridine rings is 1. The third-order valence-corrected chi connectivity index (χ3v) is 2.79. The molecule has 3 nitrogen and oxygen atoms in total. The van der Waals surface area contributed by atoms with E-state index in [4.69, 9.17) is 23.2 Å². The second kappa shape index (κ2) is 5.14. The molecule has 1 rings (SSSR count). The minimum Gasteiger partial charge on any atom is -0.308 e. The molecular formula is C9H9BrCl2N2O. The Morgan fingerprint density at radius 1 is 1.53 bits per heavy atom. The quantitative estimate of drug-likeness (QED) is 0.850. The molecule has 1 heterocycles. The molecule has 0 radical (unpaired) electrons. The minimum atomic E-state index is -0.300. The zero-order chi connectivity index (χ0) is 11.6. The molecule has 0 aliphatic rings. The zero-order valence-corrected chi connectivity index (χ0v) is 11.2. The predicted molar refractivity (Wildman–Crippen MR) is 66.0 cm³/mol. The van der Waals surface area contributed by atoms with Gasteiger partial charge in [0.1, 0.15) is 0 Å². The number of hydrogen-bond acceptors (Lipinski definition) is 2. The number of anilines is 1. The summed E-state index contributed by atoms with van der Waals surface area (Å²) in [6, 6.07) is 1.56. The maximum absolute atomic E-state index is 11.4. The van der Waals surface area contributed by atoms with Gasteiger partial charge in [-0.25, -0.2) is 4.98 Å². The largest absolute Gasteiger partial charge is 0.308 e. The van der Waals surface area contributed by atoms with Gasteiger partial charge in [-0.3, -0.25) is 4.79 Å². The van der Waals surface area contributed by atoms with Crippen molar-refractivity contribution in [3.63, 3.8) is 0 Å². The molecule has 0 saturated heterocycles. The van der Waals surface area contributed by atoms with Gasteiger partial charge in [0.25, 0.3) is 0 Å². The Hall–Kier alpha value is -0.320. The van der Waals surface area contributed by atoms with Crippen molar-refractivity contribution in [2.45, 2.75) is 18.7 Å². The number of carbonyl (C=O) groups excluding carboxylic acids is 1. The highest BCUT2D eigenvalue weighted by Crippen LogP contribution is 2.25. The van der Waals surface area contributed by atoms with Crippen LogP contribution in [0, 0.1) is 6.92 Å². The molecule has 0 bridgehead atoms. The number of alkyl halides is 1. The first kappa shape index (κ1) is 12.7. The van der Waals surface area contributed by atoms with Gasteiger partial charge in [0.05, 0.1) is 20.6 Å². The van der Waals surface area contributed by atoms with E-state index in [0.717, 1.165) is 0 Å². The van der Waals surface area contributed by atoms with Crippen LogP contribution in [0.3, 0.4) is 0 Å². The van der Waals surface area contributed by atoms with Gasteiger partial charge in [0.15, 0.2) is 5.82 Å². The van der Waals surface area contributed by atoms with Gasteiger partial charge in [-0.05, 0) is 19.9 Å². The normalized spacial score (nSPS) is 12.3. The second-order valence-electron chi connectivity index (χ2n) is 2.99. The van der Waals surface area contributed by atoms with Gasteiger partial charge in [0.2, 0.25) is 5.91 Å². The van der Waals surface area contributed by atoms with Crippen molar-refractivity contribution in [1.29, 1.82) is 0 Å². The minimum absolute atomic E-state index is 0.203.